The molecule has 0 fully saturated rings. The first-order valence-electron chi connectivity index (χ1n) is 11.4. The van der Waals surface area contributed by atoms with E-state index in [9.17, 15) is 13.5 Å². The molecule has 5 aromatic rings. The highest BCUT2D eigenvalue weighted by molar-refractivity contribution is 7.92. The summed E-state index contributed by atoms with van der Waals surface area (Å²) >= 11 is 0. The molecule has 0 amide bonds. The van der Waals surface area contributed by atoms with Gasteiger partial charge in [-0.05, 0) is 48.4 Å². The summed E-state index contributed by atoms with van der Waals surface area (Å²) < 4.78 is 29.0. The van der Waals surface area contributed by atoms with Gasteiger partial charge in [0.1, 0.15) is 11.4 Å². The summed E-state index contributed by atoms with van der Waals surface area (Å²) in [5.41, 5.74) is 3.32. The van der Waals surface area contributed by atoms with Gasteiger partial charge in [-0.1, -0.05) is 66.7 Å². The predicted octanol–water partition coefficient (Wildman–Crippen LogP) is 5.72. The minimum absolute atomic E-state index is 0.0586. The van der Waals surface area contributed by atoms with E-state index >= 15 is 0 Å². The van der Waals surface area contributed by atoms with E-state index in [0.717, 1.165) is 16.3 Å². The van der Waals surface area contributed by atoms with Gasteiger partial charge < -0.3 is 10.4 Å². The molecule has 0 aliphatic heterocycles. The number of nitrogens with one attached hydrogen (secondary N) is 2. The second-order valence-corrected chi connectivity index (χ2v) is 10.1. The standard InChI is InChI=1S/C28H24N4O3S/c1-19-11-12-21(17-26(19)36(34,35)32-22-13-15-23(33)16-14-22)27-24-9-5-6-10-25(24)28(31-30-27)29-18-20-7-3-2-4-8-20/h2-17,32-33H,18H2,1H3,(H,29,31). The number of sulfonamides is 1. The number of phenolic OH excluding ortho intramolecular Hbond substituents is 1. The molecule has 0 aliphatic carbocycles. The zero-order valence-corrected chi connectivity index (χ0v) is 20.3. The lowest BCUT2D eigenvalue weighted by Gasteiger charge is -2.14. The third-order valence-corrected chi connectivity index (χ3v) is 7.38. The summed E-state index contributed by atoms with van der Waals surface area (Å²) in [6.07, 6.45) is 0. The molecule has 36 heavy (non-hydrogen) atoms. The highest BCUT2D eigenvalue weighted by Crippen LogP contribution is 2.32. The van der Waals surface area contributed by atoms with Crippen LogP contribution in [-0.4, -0.2) is 23.7 Å². The average Bonchev–Trinajstić information content (AvgIpc) is 2.89. The zero-order valence-electron chi connectivity index (χ0n) is 19.5. The number of phenols is 1. The van der Waals surface area contributed by atoms with Crippen molar-refractivity contribution >= 4 is 32.3 Å². The van der Waals surface area contributed by atoms with Crippen LogP contribution < -0.4 is 10.0 Å². The van der Waals surface area contributed by atoms with Crippen LogP contribution >= 0.6 is 0 Å². The number of rotatable bonds is 7. The molecule has 0 unspecified atom stereocenters. The number of fused-ring (bicyclic) bond motifs is 1. The molecule has 0 atom stereocenters. The minimum Gasteiger partial charge on any atom is -0.508 e. The highest BCUT2D eigenvalue weighted by atomic mass is 32.2. The number of hydrogen-bond acceptors (Lipinski definition) is 6. The van der Waals surface area contributed by atoms with Crippen LogP contribution in [-0.2, 0) is 16.6 Å². The molecule has 0 saturated heterocycles. The monoisotopic (exact) mass is 496 g/mol. The summed E-state index contributed by atoms with van der Waals surface area (Å²) in [6.45, 7) is 2.35. The number of aromatic nitrogens is 2. The number of aryl methyl sites for hydroxylation is 1. The van der Waals surface area contributed by atoms with Crippen molar-refractivity contribution in [2.75, 3.05) is 10.0 Å². The molecule has 0 radical (unpaired) electrons. The smallest absolute Gasteiger partial charge is 0.262 e. The average molecular weight is 497 g/mol. The number of aromatic hydroxyl groups is 1. The lowest BCUT2D eigenvalue weighted by atomic mass is 10.0. The molecule has 1 aromatic heterocycles. The van der Waals surface area contributed by atoms with E-state index in [1.54, 1.807) is 19.1 Å². The van der Waals surface area contributed by atoms with Gasteiger partial charge in [-0.2, -0.15) is 0 Å². The maximum absolute atomic E-state index is 13.2. The molecule has 0 aliphatic rings. The van der Waals surface area contributed by atoms with Crippen LogP contribution in [0.15, 0.2) is 102 Å². The molecular formula is C28H24N4O3S. The fourth-order valence-corrected chi connectivity index (χ4v) is 5.34. The number of benzene rings is 4. The van der Waals surface area contributed by atoms with Gasteiger partial charge >= 0.3 is 0 Å². The minimum atomic E-state index is -3.88. The van der Waals surface area contributed by atoms with Crippen LogP contribution in [0.5, 0.6) is 5.75 Å². The Bertz CT molecular complexity index is 1640. The van der Waals surface area contributed by atoms with E-state index < -0.39 is 10.0 Å². The number of anilines is 2. The largest absolute Gasteiger partial charge is 0.508 e. The third-order valence-electron chi connectivity index (χ3n) is 5.86. The van der Waals surface area contributed by atoms with Crippen LogP contribution in [0.25, 0.3) is 22.0 Å². The van der Waals surface area contributed by atoms with Gasteiger partial charge in [-0.25, -0.2) is 8.42 Å². The Morgan fingerprint density at radius 1 is 0.806 bits per heavy atom. The fourth-order valence-electron chi connectivity index (χ4n) is 4.01. The Morgan fingerprint density at radius 2 is 1.50 bits per heavy atom. The summed E-state index contributed by atoms with van der Waals surface area (Å²) in [5.74, 6) is 0.718. The van der Waals surface area contributed by atoms with Crippen molar-refractivity contribution in [3.8, 4) is 17.0 Å². The van der Waals surface area contributed by atoms with Gasteiger partial charge in [0.25, 0.3) is 10.0 Å². The highest BCUT2D eigenvalue weighted by Gasteiger charge is 2.20. The van der Waals surface area contributed by atoms with E-state index in [4.69, 9.17) is 0 Å². The van der Waals surface area contributed by atoms with Gasteiger partial charge in [0, 0.05) is 28.6 Å². The Labute approximate surface area is 209 Å². The lowest BCUT2D eigenvalue weighted by Crippen LogP contribution is -2.14. The van der Waals surface area contributed by atoms with E-state index in [2.05, 4.69) is 20.2 Å². The second kappa shape index (κ2) is 9.67. The van der Waals surface area contributed by atoms with Crippen LogP contribution in [0.4, 0.5) is 11.5 Å². The van der Waals surface area contributed by atoms with Crippen molar-refractivity contribution in [1.29, 1.82) is 0 Å². The van der Waals surface area contributed by atoms with E-state index in [0.29, 0.717) is 34.9 Å². The van der Waals surface area contributed by atoms with E-state index in [-0.39, 0.29) is 10.6 Å². The molecule has 1 heterocycles. The third kappa shape index (κ3) is 4.85. The topological polar surface area (TPSA) is 104 Å². The Balaban J connectivity index is 1.51. The van der Waals surface area contributed by atoms with Gasteiger partial charge in [-0.3, -0.25) is 4.72 Å². The lowest BCUT2D eigenvalue weighted by molar-refractivity contribution is 0.475. The first kappa shape index (κ1) is 23.3. The summed E-state index contributed by atoms with van der Waals surface area (Å²) in [4.78, 5) is 0.144. The maximum atomic E-state index is 13.2. The number of nitrogens with zero attached hydrogens (tertiary/aromatic N) is 2. The number of hydrogen-bond donors (Lipinski definition) is 3. The summed E-state index contributed by atoms with van der Waals surface area (Å²) in [5, 5.41) is 23.5. The van der Waals surface area contributed by atoms with Crippen LogP contribution in [0.1, 0.15) is 11.1 Å². The van der Waals surface area contributed by atoms with E-state index in [1.165, 1.54) is 24.3 Å². The molecule has 0 spiro atoms. The quantitative estimate of drug-likeness (QED) is 0.249. The van der Waals surface area contributed by atoms with Crippen molar-refractivity contribution in [3.63, 3.8) is 0 Å². The zero-order chi connectivity index (χ0) is 25.1. The van der Waals surface area contributed by atoms with Crippen molar-refractivity contribution < 1.29 is 13.5 Å². The SMILES string of the molecule is Cc1ccc(-c2nnc(NCc3ccccc3)c3ccccc23)cc1S(=O)(=O)Nc1ccc(O)cc1. The second-order valence-electron chi connectivity index (χ2n) is 8.41. The van der Waals surface area contributed by atoms with Crippen LogP contribution in [0.3, 0.4) is 0 Å². The van der Waals surface area contributed by atoms with Gasteiger partial charge in [0.05, 0.1) is 4.90 Å². The van der Waals surface area contributed by atoms with Gasteiger partial charge in [-0.15, -0.1) is 10.2 Å². The summed E-state index contributed by atoms with van der Waals surface area (Å²) in [6, 6.07) is 28.9. The molecule has 7 nitrogen and oxygen atoms in total. The molecular weight excluding hydrogens is 472 g/mol. The molecule has 3 N–H and O–H groups in total. The van der Waals surface area contributed by atoms with Crippen molar-refractivity contribution in [3.05, 3.63) is 108 Å². The van der Waals surface area contributed by atoms with Crippen molar-refractivity contribution in [1.82, 2.24) is 10.2 Å². The fraction of sp³-hybridized carbons (Fsp3) is 0.0714. The predicted molar refractivity (Wildman–Crippen MR) is 142 cm³/mol. The first-order valence-corrected chi connectivity index (χ1v) is 12.9. The van der Waals surface area contributed by atoms with Gasteiger partial charge in [0.2, 0.25) is 0 Å². The van der Waals surface area contributed by atoms with Crippen molar-refractivity contribution in [2.24, 2.45) is 0 Å². The van der Waals surface area contributed by atoms with E-state index in [1.807, 2.05) is 60.7 Å². The van der Waals surface area contributed by atoms with Crippen LogP contribution in [0, 0.1) is 6.92 Å². The Kier molecular flexibility index (Phi) is 6.26. The molecule has 8 heteroatoms. The Morgan fingerprint density at radius 3 is 2.25 bits per heavy atom. The van der Waals surface area contributed by atoms with Crippen LogP contribution in [0.2, 0.25) is 0 Å². The molecule has 180 valence electrons. The molecule has 0 saturated carbocycles. The molecule has 4 aromatic carbocycles. The normalized spacial score (nSPS) is 11.4. The maximum Gasteiger partial charge on any atom is 0.262 e. The van der Waals surface area contributed by atoms with Gasteiger partial charge in [0.15, 0.2) is 5.82 Å². The molecule has 0 bridgehead atoms. The van der Waals surface area contributed by atoms with Crippen molar-refractivity contribution in [2.45, 2.75) is 18.4 Å². The summed E-state index contributed by atoms with van der Waals surface area (Å²) in [7, 11) is -3.88. The molecule has 5 rings (SSSR count). The Hall–Kier alpha value is -4.43. The first-order chi connectivity index (χ1) is 17.4.